The van der Waals surface area contributed by atoms with Crippen molar-refractivity contribution in [3.63, 3.8) is 0 Å². The highest BCUT2D eigenvalue weighted by Crippen LogP contribution is 2.34. The number of nitrogens with one attached hydrogen (secondary N) is 1. The van der Waals surface area contributed by atoms with E-state index in [0.29, 0.717) is 12.1 Å². The van der Waals surface area contributed by atoms with Crippen LogP contribution in [0.15, 0.2) is 59.5 Å². The summed E-state index contributed by atoms with van der Waals surface area (Å²) in [5.41, 5.74) is 0.0389. The van der Waals surface area contributed by atoms with Gasteiger partial charge < -0.3 is 4.90 Å². The zero-order valence-electron chi connectivity index (χ0n) is 20.4. The number of imide groups is 1. The fraction of sp³-hybridized carbons (Fsp3) is 0.333. The molecule has 2 aliphatic rings. The maximum atomic E-state index is 13.3. The van der Waals surface area contributed by atoms with Crippen molar-refractivity contribution >= 4 is 32.6 Å². The predicted octanol–water partition coefficient (Wildman–Crippen LogP) is 4.42. The summed E-state index contributed by atoms with van der Waals surface area (Å²) in [6.45, 7) is 2.48. The van der Waals surface area contributed by atoms with Crippen molar-refractivity contribution in [1.82, 2.24) is 14.5 Å². The highest BCUT2D eigenvalue weighted by molar-refractivity contribution is 7.89. The van der Waals surface area contributed by atoms with Gasteiger partial charge in [0.2, 0.25) is 10.0 Å². The maximum absolute atomic E-state index is 13.3. The van der Waals surface area contributed by atoms with Gasteiger partial charge in [-0.15, -0.1) is 0 Å². The number of nitrogens with zero attached hydrogens (tertiary/aromatic N) is 2. The van der Waals surface area contributed by atoms with Crippen LogP contribution in [0.2, 0.25) is 0 Å². The summed E-state index contributed by atoms with van der Waals surface area (Å²) >= 11 is 0. The average Bonchev–Trinajstić information content (AvgIpc) is 2.90. The maximum Gasteiger partial charge on any atom is 0.416 e. The van der Waals surface area contributed by atoms with Crippen LogP contribution in [0.1, 0.15) is 51.1 Å². The van der Waals surface area contributed by atoms with Crippen LogP contribution in [0, 0.1) is 0 Å². The van der Waals surface area contributed by atoms with Gasteiger partial charge in [0.15, 0.2) is 0 Å². The zero-order valence-corrected chi connectivity index (χ0v) is 21.2. The van der Waals surface area contributed by atoms with Crippen LogP contribution in [0.5, 0.6) is 0 Å². The van der Waals surface area contributed by atoms with Gasteiger partial charge in [-0.1, -0.05) is 30.7 Å². The molecule has 0 spiro atoms. The van der Waals surface area contributed by atoms with Crippen LogP contribution in [-0.4, -0.2) is 56.2 Å². The van der Waals surface area contributed by atoms with E-state index in [1.54, 1.807) is 18.2 Å². The van der Waals surface area contributed by atoms with Gasteiger partial charge in [-0.05, 0) is 61.8 Å². The lowest BCUT2D eigenvalue weighted by atomic mass is 9.94. The number of alkyl halides is 3. The first-order chi connectivity index (χ1) is 18.1. The first-order valence-electron chi connectivity index (χ1n) is 12.4. The van der Waals surface area contributed by atoms with Crippen molar-refractivity contribution in [2.45, 2.75) is 36.9 Å². The van der Waals surface area contributed by atoms with Gasteiger partial charge in [0, 0.05) is 41.5 Å². The van der Waals surface area contributed by atoms with Gasteiger partial charge >= 0.3 is 6.18 Å². The van der Waals surface area contributed by atoms with E-state index in [1.807, 2.05) is 0 Å². The number of amides is 2. The number of carbonyl (C=O) groups is 2. The number of rotatable bonds is 7. The molecule has 0 bridgehead atoms. The molecular weight excluding hydrogens is 519 g/mol. The third-order valence-corrected chi connectivity index (χ3v) is 8.54. The molecule has 0 saturated carbocycles. The second-order valence-electron chi connectivity index (χ2n) is 9.52. The van der Waals surface area contributed by atoms with Crippen molar-refractivity contribution in [3.8, 4) is 0 Å². The minimum Gasteiger partial charge on any atom is -0.302 e. The molecule has 0 radical (unpaired) electrons. The minimum atomic E-state index is -4.49. The minimum absolute atomic E-state index is 0.118. The first-order valence-corrected chi connectivity index (χ1v) is 13.8. The Morgan fingerprint density at radius 1 is 0.816 bits per heavy atom. The average molecular weight is 546 g/mol. The Morgan fingerprint density at radius 2 is 1.47 bits per heavy atom. The molecule has 0 aromatic heterocycles. The van der Waals surface area contributed by atoms with E-state index in [0.717, 1.165) is 38.1 Å². The second kappa shape index (κ2) is 10.1. The first kappa shape index (κ1) is 26.3. The molecule has 5 rings (SSSR count). The Kier molecular flexibility index (Phi) is 7.01. The topological polar surface area (TPSA) is 86.8 Å². The van der Waals surface area contributed by atoms with Crippen LogP contribution in [0.3, 0.4) is 0 Å². The monoisotopic (exact) mass is 545 g/mol. The van der Waals surface area contributed by atoms with E-state index in [2.05, 4.69) is 9.62 Å². The molecule has 2 aliphatic heterocycles. The van der Waals surface area contributed by atoms with Crippen molar-refractivity contribution in [2.75, 3.05) is 26.2 Å². The number of hydrogen-bond acceptors (Lipinski definition) is 5. The second-order valence-corrected chi connectivity index (χ2v) is 11.3. The molecule has 11 heteroatoms. The fourth-order valence-corrected chi connectivity index (χ4v) is 6.27. The Morgan fingerprint density at radius 3 is 2.13 bits per heavy atom. The number of benzene rings is 3. The number of piperidine rings is 1. The Bertz CT molecular complexity index is 1480. The quantitative estimate of drug-likeness (QED) is 0.445. The van der Waals surface area contributed by atoms with Crippen molar-refractivity contribution in [3.05, 3.63) is 76.9 Å². The van der Waals surface area contributed by atoms with E-state index >= 15 is 0 Å². The number of carbonyl (C=O) groups excluding carboxylic acids is 2. The molecule has 3 aromatic rings. The van der Waals surface area contributed by atoms with Crippen molar-refractivity contribution in [2.24, 2.45) is 0 Å². The Labute approximate surface area is 218 Å². The molecule has 200 valence electrons. The number of halogens is 3. The lowest BCUT2D eigenvalue weighted by molar-refractivity contribution is -0.137. The summed E-state index contributed by atoms with van der Waals surface area (Å²) < 4.78 is 67.2. The summed E-state index contributed by atoms with van der Waals surface area (Å²) in [6, 6.07) is 11.6. The molecule has 2 amide bonds. The molecule has 1 fully saturated rings. The zero-order chi connectivity index (χ0) is 27.1. The van der Waals surface area contributed by atoms with Gasteiger partial charge in [-0.25, -0.2) is 13.1 Å². The smallest absolute Gasteiger partial charge is 0.302 e. The van der Waals surface area contributed by atoms with Gasteiger partial charge in [0.05, 0.1) is 10.5 Å². The van der Waals surface area contributed by atoms with Crippen molar-refractivity contribution < 1.29 is 31.2 Å². The third-order valence-electron chi connectivity index (χ3n) is 7.08. The van der Waals surface area contributed by atoms with Crippen molar-refractivity contribution in [1.29, 1.82) is 0 Å². The fourth-order valence-electron chi connectivity index (χ4n) is 5.05. The van der Waals surface area contributed by atoms with E-state index in [9.17, 15) is 31.2 Å². The SMILES string of the molecule is O=C1c2cccc3c(S(=O)(=O)NCc4ccc(C(F)(F)F)cc4)ccc(c23)C(=O)N1CCN1CCCCC1. The molecule has 0 atom stereocenters. The largest absolute Gasteiger partial charge is 0.416 e. The number of hydrogen-bond donors (Lipinski definition) is 1. The normalized spacial score (nSPS) is 16.9. The lowest BCUT2D eigenvalue weighted by Gasteiger charge is -2.31. The van der Waals surface area contributed by atoms with Crippen LogP contribution in [0.4, 0.5) is 13.2 Å². The third kappa shape index (κ3) is 5.05. The lowest BCUT2D eigenvalue weighted by Crippen LogP contribution is -2.45. The summed E-state index contributed by atoms with van der Waals surface area (Å²) in [6.07, 6.45) is -1.13. The highest BCUT2D eigenvalue weighted by Gasteiger charge is 2.35. The van der Waals surface area contributed by atoms with Crippen LogP contribution >= 0.6 is 0 Å². The summed E-state index contributed by atoms with van der Waals surface area (Å²) in [5.74, 6) is -0.922. The molecule has 1 N–H and O–H groups in total. The summed E-state index contributed by atoms with van der Waals surface area (Å²) in [4.78, 5) is 29.9. The van der Waals surface area contributed by atoms with Gasteiger partial charge in [-0.3, -0.25) is 14.5 Å². The number of sulfonamides is 1. The molecule has 1 saturated heterocycles. The van der Waals surface area contributed by atoms with Crippen LogP contribution < -0.4 is 4.72 Å². The van der Waals surface area contributed by atoms with Crippen LogP contribution in [-0.2, 0) is 22.7 Å². The summed E-state index contributed by atoms with van der Waals surface area (Å²) in [7, 11) is -4.13. The standard InChI is InChI=1S/C27H26F3N3O4S/c28-27(29,30)19-9-7-18(8-10-19)17-31-38(36,37)23-12-11-22-24-20(23)5-4-6-21(24)25(34)33(26(22)35)16-15-32-13-2-1-3-14-32/h4-12,31H,1-3,13-17H2. The van der Waals surface area contributed by atoms with E-state index in [1.165, 1.54) is 35.6 Å². The Balaban J connectivity index is 1.40. The molecule has 3 aromatic carbocycles. The highest BCUT2D eigenvalue weighted by atomic mass is 32.2. The van der Waals surface area contributed by atoms with E-state index in [-0.39, 0.29) is 39.9 Å². The van der Waals surface area contributed by atoms with E-state index < -0.39 is 33.6 Å². The summed E-state index contributed by atoms with van der Waals surface area (Å²) in [5, 5.41) is 0.520. The number of likely N-dealkylation sites (tertiary alicyclic amines) is 1. The van der Waals surface area contributed by atoms with Gasteiger partial charge in [0.1, 0.15) is 0 Å². The van der Waals surface area contributed by atoms with Gasteiger partial charge in [-0.2, -0.15) is 13.2 Å². The molecule has 7 nitrogen and oxygen atoms in total. The molecule has 0 aliphatic carbocycles. The van der Waals surface area contributed by atoms with Gasteiger partial charge in [0.25, 0.3) is 11.8 Å². The molecular formula is C27H26F3N3O4S. The van der Waals surface area contributed by atoms with E-state index in [4.69, 9.17) is 0 Å². The molecule has 0 unspecified atom stereocenters. The molecule has 2 heterocycles. The molecule has 38 heavy (non-hydrogen) atoms. The Hall–Kier alpha value is -3.28. The van der Waals surface area contributed by atoms with Crippen LogP contribution in [0.25, 0.3) is 10.8 Å². The predicted molar refractivity (Wildman–Crippen MR) is 135 cm³/mol.